The lowest BCUT2D eigenvalue weighted by molar-refractivity contribution is -0.139. The summed E-state index contributed by atoms with van der Waals surface area (Å²) in [4.78, 5) is 22.6. The Balaban J connectivity index is 2.82. The van der Waals surface area contributed by atoms with Crippen LogP contribution in [0.4, 0.5) is 0 Å². The maximum absolute atomic E-state index is 11.2. The van der Waals surface area contributed by atoms with Gasteiger partial charge in [0, 0.05) is 0 Å². The third-order valence-electron chi connectivity index (χ3n) is 1.68. The van der Waals surface area contributed by atoms with Crippen LogP contribution in [0.25, 0.3) is 0 Å². The van der Waals surface area contributed by atoms with Gasteiger partial charge in [-0.2, -0.15) is 0 Å². The smallest absolute Gasteiger partial charge is 0.348 e. The lowest BCUT2D eigenvalue weighted by atomic mass is 10.2. The van der Waals surface area contributed by atoms with E-state index in [-0.39, 0.29) is 12.4 Å². The van der Waals surface area contributed by atoms with Gasteiger partial charge in [-0.3, -0.25) is 4.79 Å². The van der Waals surface area contributed by atoms with Gasteiger partial charge in [-0.15, -0.1) is 11.3 Å². The predicted molar refractivity (Wildman–Crippen MR) is 51.4 cm³/mol. The fourth-order valence-corrected chi connectivity index (χ4v) is 1.81. The van der Waals surface area contributed by atoms with E-state index in [0.717, 1.165) is 0 Å². The Kier molecular flexibility index (Phi) is 3.64. The second-order valence-electron chi connectivity index (χ2n) is 2.52. The van der Waals surface area contributed by atoms with Crippen molar-refractivity contribution in [2.45, 2.75) is 6.42 Å². The van der Waals surface area contributed by atoms with E-state index >= 15 is 0 Å². The number of hydrogen-bond acceptors (Lipinski definition) is 5. The molecule has 0 aliphatic heterocycles. The maximum Gasteiger partial charge on any atom is 0.348 e. The van der Waals surface area contributed by atoms with Gasteiger partial charge >= 0.3 is 11.9 Å². The van der Waals surface area contributed by atoms with E-state index in [0.29, 0.717) is 10.4 Å². The van der Waals surface area contributed by atoms with E-state index in [1.807, 2.05) is 0 Å². The van der Waals surface area contributed by atoms with Crippen molar-refractivity contribution < 1.29 is 19.1 Å². The first-order valence-electron chi connectivity index (χ1n) is 3.90. The normalized spacial score (nSPS) is 9.57. The van der Waals surface area contributed by atoms with Crippen LogP contribution in [0.2, 0.25) is 0 Å². The molecule has 0 aromatic carbocycles. The van der Waals surface area contributed by atoms with E-state index in [2.05, 4.69) is 9.47 Å². The minimum atomic E-state index is -0.418. The minimum absolute atomic E-state index is 0.102. The Morgan fingerprint density at radius 3 is 2.64 bits per heavy atom. The third-order valence-corrected chi connectivity index (χ3v) is 2.62. The third kappa shape index (κ3) is 2.32. The van der Waals surface area contributed by atoms with Gasteiger partial charge in [0.25, 0.3) is 0 Å². The van der Waals surface area contributed by atoms with Crippen molar-refractivity contribution in [1.29, 1.82) is 0 Å². The van der Waals surface area contributed by atoms with Crippen LogP contribution in [0, 0.1) is 0 Å². The molecule has 0 aliphatic carbocycles. The molecular weight excluding hydrogens is 204 g/mol. The number of carbonyl (C=O) groups excluding carboxylic acids is 2. The molecule has 1 aromatic heterocycles. The molecule has 1 rings (SSSR count). The standard InChI is InChI=1S/C9H10O4S/c1-12-7(10)5-6-3-4-14-8(6)9(11)13-2/h3-4H,5H2,1-2H3. The van der Waals surface area contributed by atoms with Gasteiger partial charge in [0.2, 0.25) is 0 Å². The molecule has 0 fully saturated rings. The van der Waals surface area contributed by atoms with Crippen molar-refractivity contribution in [2.75, 3.05) is 14.2 Å². The topological polar surface area (TPSA) is 52.6 Å². The van der Waals surface area contributed by atoms with Gasteiger partial charge in [0.15, 0.2) is 0 Å². The molecule has 4 nitrogen and oxygen atoms in total. The summed E-state index contributed by atoms with van der Waals surface area (Å²) in [5.74, 6) is -0.785. The molecule has 14 heavy (non-hydrogen) atoms. The number of thiophene rings is 1. The second-order valence-corrected chi connectivity index (χ2v) is 3.44. The quantitative estimate of drug-likeness (QED) is 0.710. The molecule has 5 heteroatoms. The number of esters is 2. The summed E-state index contributed by atoms with van der Waals surface area (Å²) in [6.07, 6.45) is 0.102. The number of rotatable bonds is 3. The number of ether oxygens (including phenoxy) is 2. The van der Waals surface area contributed by atoms with Crippen molar-refractivity contribution >= 4 is 23.3 Å². The Morgan fingerprint density at radius 2 is 2.07 bits per heavy atom. The highest BCUT2D eigenvalue weighted by Crippen LogP contribution is 2.18. The number of carbonyl (C=O) groups is 2. The van der Waals surface area contributed by atoms with Crippen LogP contribution in [-0.2, 0) is 20.7 Å². The average molecular weight is 214 g/mol. The summed E-state index contributed by atoms with van der Waals surface area (Å²) in [6, 6.07) is 1.72. The van der Waals surface area contributed by atoms with E-state index in [1.165, 1.54) is 25.6 Å². The lowest BCUT2D eigenvalue weighted by Gasteiger charge is -2.00. The molecule has 0 saturated heterocycles. The average Bonchev–Trinajstić information content (AvgIpc) is 2.64. The first-order valence-corrected chi connectivity index (χ1v) is 4.78. The predicted octanol–water partition coefficient (Wildman–Crippen LogP) is 1.25. The zero-order valence-corrected chi connectivity index (χ0v) is 8.72. The summed E-state index contributed by atoms with van der Waals surface area (Å²) in [5, 5.41) is 1.74. The van der Waals surface area contributed by atoms with E-state index < -0.39 is 5.97 Å². The van der Waals surface area contributed by atoms with E-state index in [1.54, 1.807) is 11.4 Å². The minimum Gasteiger partial charge on any atom is -0.469 e. The monoisotopic (exact) mass is 214 g/mol. The zero-order valence-electron chi connectivity index (χ0n) is 7.90. The summed E-state index contributed by atoms with van der Waals surface area (Å²) in [7, 11) is 2.62. The Bertz CT molecular complexity index is 342. The molecule has 0 radical (unpaired) electrons. The molecule has 1 heterocycles. The van der Waals surface area contributed by atoms with E-state index in [9.17, 15) is 9.59 Å². The SMILES string of the molecule is COC(=O)Cc1ccsc1C(=O)OC. The van der Waals surface area contributed by atoms with Crippen LogP contribution in [0.3, 0.4) is 0 Å². The Labute approximate surface area is 85.4 Å². The van der Waals surface area contributed by atoms with Gasteiger partial charge in [-0.1, -0.05) is 0 Å². The summed E-state index contributed by atoms with van der Waals surface area (Å²) < 4.78 is 9.08. The van der Waals surface area contributed by atoms with E-state index in [4.69, 9.17) is 0 Å². The molecule has 0 unspecified atom stereocenters. The molecule has 0 amide bonds. The fourth-order valence-electron chi connectivity index (χ4n) is 0.974. The van der Waals surface area contributed by atoms with Crippen molar-refractivity contribution in [3.63, 3.8) is 0 Å². The Hall–Kier alpha value is -1.36. The van der Waals surface area contributed by atoms with Crippen LogP contribution in [0.1, 0.15) is 15.2 Å². The fraction of sp³-hybridized carbons (Fsp3) is 0.333. The highest BCUT2D eigenvalue weighted by molar-refractivity contribution is 7.12. The molecule has 1 aromatic rings. The van der Waals surface area contributed by atoms with Crippen molar-refractivity contribution in [3.8, 4) is 0 Å². The van der Waals surface area contributed by atoms with Gasteiger partial charge in [0.05, 0.1) is 20.6 Å². The summed E-state index contributed by atoms with van der Waals surface area (Å²) >= 11 is 1.25. The van der Waals surface area contributed by atoms with Crippen LogP contribution >= 0.6 is 11.3 Å². The van der Waals surface area contributed by atoms with Crippen molar-refractivity contribution in [2.24, 2.45) is 0 Å². The molecule has 0 spiro atoms. The Morgan fingerprint density at radius 1 is 1.36 bits per heavy atom. The molecule has 76 valence electrons. The lowest BCUT2D eigenvalue weighted by Crippen LogP contribution is -2.08. The largest absolute Gasteiger partial charge is 0.469 e. The number of hydrogen-bond donors (Lipinski definition) is 0. The van der Waals surface area contributed by atoms with Crippen LogP contribution in [0.5, 0.6) is 0 Å². The first kappa shape index (κ1) is 10.7. The van der Waals surface area contributed by atoms with Crippen molar-refractivity contribution in [3.05, 3.63) is 21.9 Å². The van der Waals surface area contributed by atoms with Crippen LogP contribution in [-0.4, -0.2) is 26.2 Å². The van der Waals surface area contributed by atoms with Crippen LogP contribution < -0.4 is 0 Å². The summed E-state index contributed by atoms with van der Waals surface area (Å²) in [6.45, 7) is 0. The molecule has 0 bridgehead atoms. The summed E-state index contributed by atoms with van der Waals surface area (Å²) in [5.41, 5.74) is 0.647. The van der Waals surface area contributed by atoms with Gasteiger partial charge in [0.1, 0.15) is 4.88 Å². The van der Waals surface area contributed by atoms with Crippen molar-refractivity contribution in [1.82, 2.24) is 0 Å². The zero-order chi connectivity index (χ0) is 10.6. The highest BCUT2D eigenvalue weighted by atomic mass is 32.1. The van der Waals surface area contributed by atoms with Crippen LogP contribution in [0.15, 0.2) is 11.4 Å². The first-order chi connectivity index (χ1) is 6.69. The van der Waals surface area contributed by atoms with Gasteiger partial charge in [-0.25, -0.2) is 4.79 Å². The molecular formula is C9H10O4S. The molecule has 0 aliphatic rings. The van der Waals surface area contributed by atoms with Gasteiger partial charge in [-0.05, 0) is 17.0 Å². The number of methoxy groups -OCH3 is 2. The molecule has 0 atom stereocenters. The highest BCUT2D eigenvalue weighted by Gasteiger charge is 2.15. The second kappa shape index (κ2) is 4.76. The molecule has 0 saturated carbocycles. The van der Waals surface area contributed by atoms with Gasteiger partial charge < -0.3 is 9.47 Å². The maximum atomic E-state index is 11.2. The molecule has 0 N–H and O–H groups in total.